The van der Waals surface area contributed by atoms with E-state index in [9.17, 15) is 19.1 Å². The van der Waals surface area contributed by atoms with Crippen LogP contribution in [0.4, 0.5) is 4.39 Å². The van der Waals surface area contributed by atoms with Crippen LogP contribution < -0.4 is 5.73 Å². The molecule has 0 aliphatic carbocycles. The van der Waals surface area contributed by atoms with Crippen molar-refractivity contribution in [2.45, 2.75) is 51.6 Å². The number of nitrogens with zero attached hydrogens (tertiary/aromatic N) is 6. The molecule has 3 atom stereocenters. The third-order valence-corrected chi connectivity index (χ3v) is 7.64. The maximum absolute atomic E-state index is 14.6. The van der Waals surface area contributed by atoms with Gasteiger partial charge >= 0.3 is 0 Å². The number of aliphatic hydroxyl groups is 1. The minimum atomic E-state index is -1.24. The van der Waals surface area contributed by atoms with E-state index in [0.29, 0.717) is 16.6 Å². The summed E-state index contributed by atoms with van der Waals surface area (Å²) in [5.74, 6) is -0.981. The largest absolute Gasteiger partial charge is 0.391 e. The quantitative estimate of drug-likeness (QED) is 0.317. The van der Waals surface area contributed by atoms with E-state index in [2.05, 4.69) is 15.1 Å². The number of primary amides is 1. The normalized spacial score (nSPS) is 17.9. The summed E-state index contributed by atoms with van der Waals surface area (Å²) in [4.78, 5) is 36.2. The number of benzene rings is 1. The van der Waals surface area contributed by atoms with Crippen molar-refractivity contribution in [3.8, 4) is 11.1 Å². The van der Waals surface area contributed by atoms with Gasteiger partial charge in [-0.1, -0.05) is 12.1 Å². The second-order valence-corrected chi connectivity index (χ2v) is 10.7. The van der Waals surface area contributed by atoms with Crippen molar-refractivity contribution in [1.82, 2.24) is 29.0 Å². The number of carbonyl (C=O) groups is 2. The van der Waals surface area contributed by atoms with E-state index < -0.39 is 24.2 Å². The van der Waals surface area contributed by atoms with E-state index >= 15 is 0 Å². The number of hydrogen-bond acceptors (Lipinski definition) is 6. The van der Waals surface area contributed by atoms with Crippen molar-refractivity contribution < 1.29 is 19.1 Å². The first-order chi connectivity index (χ1) is 19.7. The Morgan fingerprint density at radius 2 is 1.95 bits per heavy atom. The smallest absolute Gasteiger partial charge is 0.250 e. The Hall–Kier alpha value is -4.64. The van der Waals surface area contributed by atoms with Gasteiger partial charge in [0.15, 0.2) is 5.65 Å². The molecular formula is C30H30FN7O3. The van der Waals surface area contributed by atoms with Crippen molar-refractivity contribution >= 4 is 28.4 Å². The van der Waals surface area contributed by atoms with E-state index in [1.54, 1.807) is 27.5 Å². The van der Waals surface area contributed by atoms with Crippen LogP contribution in [0, 0.1) is 13.8 Å². The number of rotatable bonds is 7. The molecule has 10 nitrogen and oxygen atoms in total. The Morgan fingerprint density at radius 3 is 2.73 bits per heavy atom. The lowest BCUT2D eigenvalue weighted by molar-refractivity contribution is -0.134. The van der Waals surface area contributed by atoms with E-state index in [-0.39, 0.29) is 37.4 Å². The lowest BCUT2D eigenvalue weighted by Crippen LogP contribution is -2.45. The third-order valence-electron chi connectivity index (χ3n) is 7.64. The molecule has 0 saturated carbocycles. The molecule has 2 unspecified atom stereocenters. The molecule has 1 aliphatic heterocycles. The van der Waals surface area contributed by atoms with Gasteiger partial charge in [-0.05, 0) is 43.7 Å². The molecule has 11 heteroatoms. The van der Waals surface area contributed by atoms with Gasteiger partial charge in [0.25, 0.3) is 5.91 Å². The maximum Gasteiger partial charge on any atom is 0.250 e. The molecule has 41 heavy (non-hydrogen) atoms. The molecule has 0 spiro atoms. The number of aliphatic hydroxyl groups excluding tert-OH is 1. The van der Waals surface area contributed by atoms with Crippen molar-refractivity contribution in [2.24, 2.45) is 5.73 Å². The number of aromatic nitrogens is 5. The number of pyridine rings is 1. The lowest BCUT2D eigenvalue weighted by Gasteiger charge is -2.28. The molecule has 1 saturated heterocycles. The van der Waals surface area contributed by atoms with Crippen LogP contribution in [-0.2, 0) is 17.8 Å². The molecule has 1 fully saturated rings. The fourth-order valence-corrected chi connectivity index (χ4v) is 5.71. The van der Waals surface area contributed by atoms with Crippen LogP contribution in [0.15, 0.2) is 61.1 Å². The van der Waals surface area contributed by atoms with Gasteiger partial charge in [-0.15, -0.1) is 0 Å². The number of likely N-dealkylation sites (tertiary alicyclic amines) is 1. The summed E-state index contributed by atoms with van der Waals surface area (Å²) in [6.07, 6.45) is 3.21. The van der Waals surface area contributed by atoms with Crippen LogP contribution in [0.25, 0.3) is 27.7 Å². The Labute approximate surface area is 235 Å². The van der Waals surface area contributed by atoms with E-state index in [1.165, 1.54) is 4.90 Å². The molecule has 3 N–H and O–H groups in total. The summed E-state index contributed by atoms with van der Waals surface area (Å²) < 4.78 is 17.9. The zero-order valence-electron chi connectivity index (χ0n) is 22.7. The maximum atomic E-state index is 14.6. The molecule has 210 valence electrons. The highest BCUT2D eigenvalue weighted by molar-refractivity contribution is 6.07. The van der Waals surface area contributed by atoms with Gasteiger partial charge in [-0.25, -0.2) is 13.9 Å². The predicted molar refractivity (Wildman–Crippen MR) is 151 cm³/mol. The number of nitrogens with two attached hydrogens (primary N) is 1. The monoisotopic (exact) mass is 555 g/mol. The summed E-state index contributed by atoms with van der Waals surface area (Å²) in [6.45, 7) is 3.51. The first-order valence-corrected chi connectivity index (χ1v) is 13.5. The van der Waals surface area contributed by atoms with E-state index in [4.69, 9.17) is 5.73 Å². The third kappa shape index (κ3) is 5.16. The van der Waals surface area contributed by atoms with Crippen LogP contribution in [-0.4, -0.2) is 70.8 Å². The van der Waals surface area contributed by atoms with Gasteiger partial charge in [0.1, 0.15) is 12.7 Å². The summed E-state index contributed by atoms with van der Waals surface area (Å²) in [5, 5.41) is 16.0. The molecule has 1 aromatic carbocycles. The zero-order valence-corrected chi connectivity index (χ0v) is 22.7. The molecule has 4 aromatic heterocycles. The molecule has 5 heterocycles. The van der Waals surface area contributed by atoms with Gasteiger partial charge in [-0.2, -0.15) is 5.10 Å². The first-order valence-electron chi connectivity index (χ1n) is 13.5. The highest BCUT2D eigenvalue weighted by Crippen LogP contribution is 2.30. The Bertz CT molecular complexity index is 1800. The van der Waals surface area contributed by atoms with Crippen molar-refractivity contribution in [3.63, 3.8) is 0 Å². The van der Waals surface area contributed by atoms with Crippen LogP contribution >= 0.6 is 0 Å². The van der Waals surface area contributed by atoms with Crippen LogP contribution in [0.1, 0.15) is 33.9 Å². The summed E-state index contributed by atoms with van der Waals surface area (Å²) in [7, 11) is 0. The second-order valence-electron chi connectivity index (χ2n) is 10.7. The fourth-order valence-electron chi connectivity index (χ4n) is 5.71. The lowest BCUT2D eigenvalue weighted by atomic mass is 10.0. The molecule has 0 radical (unpaired) electrons. The van der Waals surface area contributed by atoms with Crippen LogP contribution in [0.2, 0.25) is 0 Å². The van der Waals surface area contributed by atoms with Gasteiger partial charge in [0, 0.05) is 65.4 Å². The first kappa shape index (κ1) is 26.6. The number of fused-ring (bicyclic) bond motifs is 2. The molecule has 0 bridgehead atoms. The fraction of sp³-hybridized carbons (Fsp3) is 0.300. The van der Waals surface area contributed by atoms with E-state index in [1.807, 2.05) is 56.4 Å². The molecule has 5 aromatic rings. The summed E-state index contributed by atoms with van der Waals surface area (Å²) in [6, 6.07) is 12.2. The van der Waals surface area contributed by atoms with Crippen molar-refractivity contribution in [2.75, 3.05) is 6.54 Å². The highest BCUT2D eigenvalue weighted by Gasteiger charge is 2.39. The van der Waals surface area contributed by atoms with Gasteiger partial charge in [-0.3, -0.25) is 14.6 Å². The number of carbonyl (C=O) groups excluding carboxylic acids is 2. The minimum Gasteiger partial charge on any atom is -0.391 e. The van der Waals surface area contributed by atoms with Gasteiger partial charge in [0.05, 0.1) is 29.9 Å². The second kappa shape index (κ2) is 10.4. The molecule has 2 amide bonds. The van der Waals surface area contributed by atoms with Gasteiger partial charge in [0.2, 0.25) is 5.91 Å². The van der Waals surface area contributed by atoms with Crippen molar-refractivity contribution in [1.29, 1.82) is 0 Å². The minimum absolute atomic E-state index is 0.0508. The average molecular weight is 556 g/mol. The average Bonchev–Trinajstić information content (AvgIpc) is 3.62. The van der Waals surface area contributed by atoms with E-state index in [0.717, 1.165) is 28.2 Å². The summed E-state index contributed by atoms with van der Waals surface area (Å²) >= 11 is 0. The van der Waals surface area contributed by atoms with Crippen LogP contribution in [0.5, 0.6) is 0 Å². The number of alkyl halides is 1. The number of aryl methyl sites for hydroxylation is 2. The standard InChI is InChI=1S/C30H30FN7O3/c1-17-4-3-5-22(34-17)11-27(39)26-10-21(31)14-37(26)29(40)16-36-15-24(30(32)41)23-9-19(6-7-25(23)36)20-12-33-28-8-18(2)35-38(28)13-20/h3-9,12-13,15,21,26-27,39H,10-11,14,16H2,1-2H3,(H2,32,41)/t21-,26?,27?/m1/s1. The highest BCUT2D eigenvalue weighted by atomic mass is 19.1. The Morgan fingerprint density at radius 1 is 1.12 bits per heavy atom. The van der Waals surface area contributed by atoms with Gasteiger partial charge < -0.3 is 20.3 Å². The Kier molecular flexibility index (Phi) is 6.74. The number of halogens is 1. The number of hydrogen-bond donors (Lipinski definition) is 2. The predicted octanol–water partition coefficient (Wildman–Crippen LogP) is 3.00. The topological polar surface area (TPSA) is 132 Å². The zero-order chi connectivity index (χ0) is 28.8. The summed E-state index contributed by atoms with van der Waals surface area (Å²) in [5.41, 5.74) is 11.3. The van der Waals surface area contributed by atoms with Crippen LogP contribution in [0.3, 0.4) is 0 Å². The SMILES string of the molecule is Cc1cccc(CC(O)C2C[C@@H](F)CN2C(=O)Cn2cc(C(N)=O)c3cc(-c4cnc5cc(C)nn5c4)ccc32)n1. The Balaban J connectivity index is 1.27. The van der Waals surface area contributed by atoms with Crippen molar-refractivity contribution in [3.05, 3.63) is 83.7 Å². The molecular weight excluding hydrogens is 525 g/mol. The molecule has 6 rings (SSSR count). The number of amides is 2. The molecule has 1 aliphatic rings.